The highest BCUT2D eigenvalue weighted by Crippen LogP contribution is 2.01. The molecule has 0 heterocycles. The maximum Gasteiger partial charge on any atom is 0.239 e. The van der Waals surface area contributed by atoms with Gasteiger partial charge >= 0.3 is 0 Å². The number of carbonyl (C=O) groups is 1. The van der Waals surface area contributed by atoms with Gasteiger partial charge in [0.1, 0.15) is 11.3 Å². The Hall–Kier alpha value is -1.09. The number of hydrogen-bond donors (Lipinski definition) is 1. The van der Waals surface area contributed by atoms with Crippen molar-refractivity contribution < 1.29 is 13.2 Å². The minimum atomic E-state index is -3.39. The molecule has 86 valence electrons. The summed E-state index contributed by atoms with van der Waals surface area (Å²) in [5.74, 6) is -0.613. The maximum atomic E-state index is 11.4. The van der Waals surface area contributed by atoms with E-state index in [4.69, 9.17) is 5.26 Å². The molecule has 15 heavy (non-hydrogen) atoms. The molecule has 0 bridgehead atoms. The Balaban J connectivity index is 4.44. The van der Waals surface area contributed by atoms with Gasteiger partial charge in [0.2, 0.25) is 5.91 Å². The third-order valence-corrected chi connectivity index (χ3v) is 3.56. The van der Waals surface area contributed by atoms with Crippen molar-refractivity contribution in [1.29, 1.82) is 5.26 Å². The van der Waals surface area contributed by atoms with E-state index in [2.05, 4.69) is 5.32 Å². The molecule has 2 unspecified atom stereocenters. The summed E-state index contributed by atoms with van der Waals surface area (Å²) >= 11 is 0. The minimum absolute atomic E-state index is 0.527. The fourth-order valence-electron chi connectivity index (χ4n) is 0.941. The van der Waals surface area contributed by atoms with E-state index >= 15 is 0 Å². The highest BCUT2D eigenvalue weighted by molar-refractivity contribution is 7.92. The van der Waals surface area contributed by atoms with Crippen LogP contribution in [0.1, 0.15) is 26.7 Å². The molecule has 0 aromatic rings. The number of nitrogens with zero attached hydrogens (tertiary/aromatic N) is 1. The SMILES string of the molecule is CCCC(C#N)NC(=O)C(C)S(C)(=O)=O. The Morgan fingerprint density at radius 1 is 1.53 bits per heavy atom. The third kappa shape index (κ3) is 4.79. The van der Waals surface area contributed by atoms with Crippen LogP contribution in [-0.2, 0) is 14.6 Å². The summed E-state index contributed by atoms with van der Waals surface area (Å²) in [5, 5.41) is 9.96. The van der Waals surface area contributed by atoms with Gasteiger partial charge in [-0.15, -0.1) is 0 Å². The summed E-state index contributed by atoms with van der Waals surface area (Å²) in [6.45, 7) is 3.20. The van der Waals surface area contributed by atoms with Crippen LogP contribution in [0.25, 0.3) is 0 Å². The molecule has 0 saturated carbocycles. The summed E-state index contributed by atoms with van der Waals surface area (Å²) in [7, 11) is -3.39. The van der Waals surface area contributed by atoms with Crippen LogP contribution in [0.2, 0.25) is 0 Å². The van der Waals surface area contributed by atoms with Gasteiger partial charge in [0, 0.05) is 6.26 Å². The average molecular weight is 232 g/mol. The lowest BCUT2D eigenvalue weighted by Crippen LogP contribution is -2.42. The predicted molar refractivity (Wildman–Crippen MR) is 56.8 cm³/mol. The highest BCUT2D eigenvalue weighted by atomic mass is 32.2. The van der Waals surface area contributed by atoms with Gasteiger partial charge in [0.05, 0.1) is 6.07 Å². The number of hydrogen-bond acceptors (Lipinski definition) is 4. The molecule has 0 fully saturated rings. The smallest absolute Gasteiger partial charge is 0.239 e. The van der Waals surface area contributed by atoms with Crippen molar-refractivity contribution in [2.24, 2.45) is 0 Å². The van der Waals surface area contributed by atoms with Crippen molar-refractivity contribution >= 4 is 15.7 Å². The monoisotopic (exact) mass is 232 g/mol. The van der Waals surface area contributed by atoms with E-state index in [1.807, 2.05) is 13.0 Å². The maximum absolute atomic E-state index is 11.4. The number of amides is 1. The van der Waals surface area contributed by atoms with Gasteiger partial charge in [-0.3, -0.25) is 4.79 Å². The Morgan fingerprint density at radius 3 is 2.40 bits per heavy atom. The van der Waals surface area contributed by atoms with E-state index in [0.717, 1.165) is 12.7 Å². The van der Waals surface area contributed by atoms with Crippen LogP contribution in [0.15, 0.2) is 0 Å². The molecule has 6 heteroatoms. The minimum Gasteiger partial charge on any atom is -0.339 e. The molecule has 0 rings (SSSR count). The Labute approximate surface area is 90.4 Å². The molecular formula is C9H16N2O3S. The van der Waals surface area contributed by atoms with E-state index in [1.165, 1.54) is 6.92 Å². The molecule has 1 amide bonds. The predicted octanol–water partition coefficient (Wildman–Crippen LogP) is 0.228. The molecular weight excluding hydrogens is 216 g/mol. The number of sulfone groups is 1. The van der Waals surface area contributed by atoms with Gasteiger partial charge in [0.15, 0.2) is 9.84 Å². The van der Waals surface area contributed by atoms with Crippen LogP contribution in [0, 0.1) is 11.3 Å². The molecule has 0 radical (unpaired) electrons. The lowest BCUT2D eigenvalue weighted by molar-refractivity contribution is -0.120. The van der Waals surface area contributed by atoms with Crippen LogP contribution in [0.4, 0.5) is 0 Å². The first kappa shape index (κ1) is 13.9. The standard InChI is InChI=1S/C9H16N2O3S/c1-4-5-8(6-10)11-9(12)7(2)15(3,13)14/h7-8H,4-5H2,1-3H3,(H,11,12). The van der Waals surface area contributed by atoms with Gasteiger partial charge in [-0.05, 0) is 13.3 Å². The first-order valence-electron chi connectivity index (χ1n) is 4.71. The summed E-state index contributed by atoms with van der Waals surface area (Å²) < 4.78 is 22.1. The molecule has 0 aliphatic carbocycles. The van der Waals surface area contributed by atoms with E-state index in [-0.39, 0.29) is 0 Å². The molecule has 0 aliphatic heterocycles. The molecule has 0 spiro atoms. The lowest BCUT2D eigenvalue weighted by atomic mass is 10.2. The highest BCUT2D eigenvalue weighted by Gasteiger charge is 2.25. The topological polar surface area (TPSA) is 87.0 Å². The second kappa shape index (κ2) is 5.71. The first-order chi connectivity index (χ1) is 6.82. The van der Waals surface area contributed by atoms with Crippen molar-refractivity contribution in [2.45, 2.75) is 38.0 Å². The van der Waals surface area contributed by atoms with Gasteiger partial charge in [-0.1, -0.05) is 13.3 Å². The number of nitrogens with one attached hydrogen (secondary N) is 1. The zero-order valence-corrected chi connectivity index (χ0v) is 9.97. The fourth-order valence-corrected chi connectivity index (χ4v) is 1.40. The molecule has 0 aliphatic rings. The van der Waals surface area contributed by atoms with E-state index in [1.54, 1.807) is 0 Å². The quantitative estimate of drug-likeness (QED) is 0.735. The normalized spacial score (nSPS) is 15.1. The second-order valence-electron chi connectivity index (χ2n) is 3.45. The summed E-state index contributed by atoms with van der Waals surface area (Å²) in [6.07, 6.45) is 2.28. The zero-order chi connectivity index (χ0) is 12.1. The van der Waals surface area contributed by atoms with Crippen LogP contribution < -0.4 is 5.32 Å². The number of nitriles is 1. The van der Waals surface area contributed by atoms with Crippen molar-refractivity contribution in [3.8, 4) is 6.07 Å². The second-order valence-corrected chi connectivity index (χ2v) is 5.82. The summed E-state index contributed by atoms with van der Waals surface area (Å²) in [4.78, 5) is 11.4. The van der Waals surface area contributed by atoms with Gasteiger partial charge in [0.25, 0.3) is 0 Å². The van der Waals surface area contributed by atoms with Crippen molar-refractivity contribution in [3.05, 3.63) is 0 Å². The number of carbonyl (C=O) groups excluding carboxylic acids is 1. The Morgan fingerprint density at radius 2 is 2.07 bits per heavy atom. The first-order valence-corrected chi connectivity index (χ1v) is 6.67. The third-order valence-electron chi connectivity index (χ3n) is 2.06. The Kier molecular flexibility index (Phi) is 5.29. The molecule has 2 atom stereocenters. The van der Waals surface area contributed by atoms with Crippen LogP contribution >= 0.6 is 0 Å². The lowest BCUT2D eigenvalue weighted by Gasteiger charge is -2.13. The number of rotatable bonds is 5. The van der Waals surface area contributed by atoms with Crippen LogP contribution in [-0.4, -0.2) is 31.9 Å². The van der Waals surface area contributed by atoms with Gasteiger partial charge in [-0.2, -0.15) is 5.26 Å². The summed E-state index contributed by atoms with van der Waals surface area (Å²) in [6, 6.07) is 1.31. The average Bonchev–Trinajstić information content (AvgIpc) is 2.14. The molecule has 5 nitrogen and oxygen atoms in total. The Bertz CT molecular complexity index is 356. The molecule has 0 saturated heterocycles. The van der Waals surface area contributed by atoms with E-state index in [0.29, 0.717) is 6.42 Å². The van der Waals surface area contributed by atoms with E-state index < -0.39 is 27.0 Å². The fraction of sp³-hybridized carbons (Fsp3) is 0.778. The van der Waals surface area contributed by atoms with Gasteiger partial charge < -0.3 is 5.32 Å². The van der Waals surface area contributed by atoms with Crippen molar-refractivity contribution in [2.75, 3.05) is 6.26 Å². The van der Waals surface area contributed by atoms with Crippen LogP contribution in [0.5, 0.6) is 0 Å². The van der Waals surface area contributed by atoms with Gasteiger partial charge in [-0.25, -0.2) is 8.42 Å². The molecule has 0 aromatic heterocycles. The van der Waals surface area contributed by atoms with E-state index in [9.17, 15) is 13.2 Å². The largest absolute Gasteiger partial charge is 0.339 e. The van der Waals surface area contributed by atoms with Crippen molar-refractivity contribution in [3.63, 3.8) is 0 Å². The zero-order valence-electron chi connectivity index (χ0n) is 9.15. The van der Waals surface area contributed by atoms with Crippen LogP contribution in [0.3, 0.4) is 0 Å². The van der Waals surface area contributed by atoms with Crippen molar-refractivity contribution in [1.82, 2.24) is 5.32 Å². The molecule has 0 aromatic carbocycles. The summed E-state index contributed by atoms with van der Waals surface area (Å²) in [5.41, 5.74) is 0. The molecule has 1 N–H and O–H groups in total.